The number of hydrogen-bond donors (Lipinski definition) is 1. The number of thioether (sulfide) groups is 1. The first kappa shape index (κ1) is 53.9. The number of carbonyl (C=O) groups is 7. The molecule has 0 saturated carbocycles. The minimum absolute atomic E-state index is 0.0112. The average Bonchev–Trinajstić information content (AvgIpc) is 4.31. The van der Waals surface area contributed by atoms with Crippen molar-refractivity contribution in [1.82, 2.24) is 14.9 Å². The lowest BCUT2D eigenvalue weighted by Gasteiger charge is -2.50. The van der Waals surface area contributed by atoms with Gasteiger partial charge in [-0.3, -0.25) is 24.3 Å². The molecule has 0 spiro atoms. The number of fused-ring (bicyclic) bond motifs is 1. The molecule has 2 amide bonds. The zero-order valence-electron chi connectivity index (χ0n) is 41.7. The standard InChI is InChI=1S/C58H47N3O16S2/c1-33(63)71-47-44(61-50(64)38-26-14-15-27-39(38)51(61)65)57(79-58-60-41(32-78-58)40-28-16-17-29-59-40)73-42(30-62)45(47)77-56-49(76-55(69)37-24-12-5-13-25-37)48(75-54(68)36-22-10-4-11-23-36)46(74-53(67)35-20-8-3-9-21-35)43(72-56)31-70-52(66)34-18-6-2-7-19-34/h2-29,32,42-49,56-57,62H,30-31H2,1H3/t42-,43-,44-,45-,46+,47-,48+,49-,56+,57+/m1/s1. The Kier molecular flexibility index (Phi) is 16.7. The number of pyridine rings is 1. The molecule has 3 aliphatic rings. The van der Waals surface area contributed by atoms with Crippen LogP contribution in [-0.4, -0.2) is 135 Å². The van der Waals surface area contributed by atoms with Crippen molar-refractivity contribution in [3.05, 3.63) is 209 Å². The fourth-order valence-corrected chi connectivity index (χ4v) is 11.4. The molecular weight excluding hydrogens is 1060 g/mol. The average molecular weight is 1110 g/mol. The molecule has 2 saturated heterocycles. The van der Waals surface area contributed by atoms with E-state index in [0.29, 0.717) is 15.7 Å². The van der Waals surface area contributed by atoms with E-state index in [1.54, 1.807) is 115 Å². The Labute approximate surface area is 459 Å². The summed E-state index contributed by atoms with van der Waals surface area (Å²) in [5.41, 5.74) is 0.0332. The number of nitrogens with zero attached hydrogens (tertiary/aromatic N) is 3. The number of aliphatic hydroxyl groups is 1. The number of carbonyl (C=O) groups excluding carboxylic acids is 7. The molecule has 2 aromatic heterocycles. The second-order valence-electron chi connectivity index (χ2n) is 18.0. The largest absolute Gasteiger partial charge is 0.459 e. The molecule has 402 valence electrons. The van der Waals surface area contributed by atoms with Gasteiger partial charge in [0.05, 0.1) is 45.7 Å². The van der Waals surface area contributed by atoms with Crippen LogP contribution in [-0.2, 0) is 42.7 Å². The molecule has 1 N–H and O–H groups in total. The molecule has 0 unspecified atom stereocenters. The first-order valence-corrected chi connectivity index (χ1v) is 26.5. The van der Waals surface area contributed by atoms with E-state index in [1.165, 1.54) is 72.0 Å². The molecule has 79 heavy (non-hydrogen) atoms. The van der Waals surface area contributed by atoms with Crippen molar-refractivity contribution in [3.63, 3.8) is 0 Å². The van der Waals surface area contributed by atoms with Gasteiger partial charge in [0.15, 0.2) is 35.0 Å². The highest BCUT2D eigenvalue weighted by Crippen LogP contribution is 2.43. The predicted octanol–water partition coefficient (Wildman–Crippen LogP) is 7.25. The summed E-state index contributed by atoms with van der Waals surface area (Å²) in [4.78, 5) is 109. The van der Waals surface area contributed by atoms with E-state index >= 15 is 0 Å². The zero-order chi connectivity index (χ0) is 55.0. The maximum absolute atomic E-state index is 14.6. The van der Waals surface area contributed by atoms with Crippen LogP contribution in [0.3, 0.4) is 0 Å². The maximum atomic E-state index is 14.6. The first-order valence-electron chi connectivity index (χ1n) is 24.7. The quantitative estimate of drug-likeness (QED) is 0.0536. The van der Waals surface area contributed by atoms with E-state index in [4.69, 9.17) is 42.9 Å². The van der Waals surface area contributed by atoms with Crippen LogP contribution in [0.5, 0.6) is 0 Å². The third-order valence-corrected chi connectivity index (χ3v) is 15.0. The second-order valence-corrected chi connectivity index (χ2v) is 20.2. The second kappa shape index (κ2) is 24.5. The molecule has 5 heterocycles. The summed E-state index contributed by atoms with van der Waals surface area (Å²) in [6.45, 7) is -0.498. The van der Waals surface area contributed by atoms with Crippen molar-refractivity contribution in [2.45, 2.75) is 71.8 Å². The van der Waals surface area contributed by atoms with Gasteiger partial charge >= 0.3 is 29.8 Å². The monoisotopic (exact) mass is 1110 g/mol. The SMILES string of the molecule is CC(=O)O[C@H]1[C@H](O[C@@H]2O[C@H](COC(=O)c3ccccc3)[C@H](OC(=O)c3ccccc3)[C@H](OC(=O)c3ccccc3)[C@H]2OC(=O)c2ccccc2)[C@@H](CO)O[C@@H](Sc2nc(-c3ccccn3)cs2)[C@@H]1N1C(=O)c2ccccc2C1=O. The van der Waals surface area contributed by atoms with Crippen molar-refractivity contribution in [1.29, 1.82) is 0 Å². The van der Waals surface area contributed by atoms with Crippen LogP contribution in [0.15, 0.2) is 180 Å². The Morgan fingerprint density at radius 1 is 0.570 bits per heavy atom. The van der Waals surface area contributed by atoms with Crippen LogP contribution in [0.1, 0.15) is 69.1 Å². The van der Waals surface area contributed by atoms with Gasteiger partial charge < -0.3 is 43.0 Å². The van der Waals surface area contributed by atoms with Gasteiger partial charge in [-0.05, 0) is 72.8 Å². The molecule has 3 aliphatic heterocycles. The van der Waals surface area contributed by atoms with Crippen molar-refractivity contribution < 1.29 is 76.6 Å². The summed E-state index contributed by atoms with van der Waals surface area (Å²) in [5, 5.41) is 13.1. The van der Waals surface area contributed by atoms with Gasteiger partial charge in [0, 0.05) is 18.5 Å². The van der Waals surface area contributed by atoms with Gasteiger partial charge in [0.2, 0.25) is 0 Å². The fraction of sp³-hybridized carbons (Fsp3) is 0.224. The minimum atomic E-state index is -2.01. The molecule has 10 rings (SSSR count). The number of hydrogen-bond acceptors (Lipinski definition) is 20. The number of thiazole rings is 1. The summed E-state index contributed by atoms with van der Waals surface area (Å²) in [5.74, 6) is -6.23. The highest BCUT2D eigenvalue weighted by atomic mass is 32.2. The zero-order valence-corrected chi connectivity index (χ0v) is 43.3. The summed E-state index contributed by atoms with van der Waals surface area (Å²) in [6.07, 6.45) is -12.7. The smallest absolute Gasteiger partial charge is 0.338 e. The predicted molar refractivity (Wildman–Crippen MR) is 280 cm³/mol. The number of imide groups is 1. The molecule has 0 aliphatic carbocycles. The Hall–Kier alpha value is -8.44. The van der Waals surface area contributed by atoms with Crippen LogP contribution in [0, 0.1) is 0 Å². The Morgan fingerprint density at radius 3 is 1.59 bits per heavy atom. The van der Waals surface area contributed by atoms with Crippen molar-refractivity contribution in [2.24, 2.45) is 0 Å². The number of benzene rings is 5. The number of esters is 5. The minimum Gasteiger partial charge on any atom is -0.459 e. The van der Waals surface area contributed by atoms with Gasteiger partial charge in [-0.2, -0.15) is 0 Å². The molecule has 2 fully saturated rings. The highest BCUT2D eigenvalue weighted by molar-refractivity contribution is 8.01. The molecular formula is C58H47N3O16S2. The van der Waals surface area contributed by atoms with E-state index in [-0.39, 0.29) is 33.4 Å². The van der Waals surface area contributed by atoms with Crippen molar-refractivity contribution >= 4 is 64.8 Å². The maximum Gasteiger partial charge on any atom is 0.338 e. The van der Waals surface area contributed by atoms with Crippen LogP contribution in [0.4, 0.5) is 0 Å². The fourth-order valence-electron chi connectivity index (χ4n) is 9.21. The molecule has 21 heteroatoms. The lowest BCUT2D eigenvalue weighted by molar-refractivity contribution is -0.332. The lowest BCUT2D eigenvalue weighted by atomic mass is 9.94. The summed E-state index contributed by atoms with van der Waals surface area (Å²) >= 11 is 2.18. The van der Waals surface area contributed by atoms with Gasteiger partial charge in [-0.1, -0.05) is 103 Å². The van der Waals surface area contributed by atoms with E-state index in [2.05, 4.69) is 4.98 Å². The molecule has 0 radical (unpaired) electrons. The molecule has 19 nitrogen and oxygen atoms in total. The normalized spacial score (nSPS) is 23.4. The third-order valence-electron chi connectivity index (χ3n) is 12.9. The molecule has 7 aromatic rings. The van der Waals surface area contributed by atoms with Gasteiger partial charge in [-0.15, -0.1) is 11.3 Å². The topological polar surface area (TPSA) is 243 Å². The summed E-state index contributed by atoms with van der Waals surface area (Å²) in [6, 6.07) is 41.0. The number of aliphatic hydroxyl groups excluding tert-OH is 1. The van der Waals surface area contributed by atoms with Crippen LogP contribution in [0.25, 0.3) is 11.4 Å². The van der Waals surface area contributed by atoms with Gasteiger partial charge in [0.25, 0.3) is 11.8 Å². The summed E-state index contributed by atoms with van der Waals surface area (Å²) < 4.78 is 51.2. The Morgan fingerprint density at radius 2 is 1.08 bits per heavy atom. The van der Waals surface area contributed by atoms with Crippen molar-refractivity contribution in [3.8, 4) is 11.4 Å². The first-order chi connectivity index (χ1) is 38.4. The number of amides is 2. The van der Waals surface area contributed by atoms with E-state index in [9.17, 15) is 38.7 Å². The number of aromatic nitrogens is 2. The van der Waals surface area contributed by atoms with Gasteiger partial charge in [0.1, 0.15) is 42.1 Å². The van der Waals surface area contributed by atoms with Gasteiger partial charge in [-0.25, -0.2) is 24.2 Å². The van der Waals surface area contributed by atoms with E-state index in [0.717, 1.165) is 23.6 Å². The molecule has 10 atom stereocenters. The number of rotatable bonds is 17. The van der Waals surface area contributed by atoms with Crippen molar-refractivity contribution in [2.75, 3.05) is 13.2 Å². The molecule has 5 aromatic carbocycles. The van der Waals surface area contributed by atoms with Crippen LogP contribution in [0.2, 0.25) is 0 Å². The molecule has 0 bridgehead atoms. The Bertz CT molecular complexity index is 3290. The van der Waals surface area contributed by atoms with Crippen LogP contribution >= 0.6 is 23.1 Å². The van der Waals surface area contributed by atoms with E-state index in [1.807, 2.05) is 0 Å². The third kappa shape index (κ3) is 12.0. The Balaban J connectivity index is 1.09. The lowest BCUT2D eigenvalue weighted by Crippen LogP contribution is -2.69. The summed E-state index contributed by atoms with van der Waals surface area (Å²) in [7, 11) is 0. The van der Waals surface area contributed by atoms with E-state index < -0.39 is 115 Å². The van der Waals surface area contributed by atoms with Crippen LogP contribution < -0.4 is 0 Å². The highest BCUT2D eigenvalue weighted by Gasteiger charge is 2.60. The number of ether oxygens (including phenoxy) is 8.